The predicted octanol–water partition coefficient (Wildman–Crippen LogP) is 2.17. The highest BCUT2D eigenvalue weighted by Gasteiger charge is 2.04. The van der Waals surface area contributed by atoms with Gasteiger partial charge in [-0.3, -0.25) is 4.79 Å². The van der Waals surface area contributed by atoms with E-state index in [9.17, 15) is 4.79 Å². The van der Waals surface area contributed by atoms with Crippen LogP contribution in [0.2, 0.25) is 0 Å². The lowest BCUT2D eigenvalue weighted by Crippen LogP contribution is -2.25. The number of amides is 1. The fourth-order valence-corrected chi connectivity index (χ4v) is 1.57. The number of nitrogens with one attached hydrogen (secondary N) is 1. The molecule has 0 aliphatic heterocycles. The van der Waals surface area contributed by atoms with Gasteiger partial charge in [-0.15, -0.1) is 0 Å². The molecular weight excluding hydrogens is 202 g/mol. The average molecular weight is 215 g/mol. The molecule has 0 aliphatic carbocycles. The van der Waals surface area contributed by atoms with Crippen molar-refractivity contribution in [2.45, 2.75) is 0 Å². The van der Waals surface area contributed by atoms with Crippen LogP contribution >= 0.6 is 0 Å². The number of carbonyl (C=O) groups excluding carboxylic acids is 1. The SMILES string of the molecule is COCNC(=O)c1ccc2ccccc2c1. The van der Waals surface area contributed by atoms with Crippen LogP contribution in [0.25, 0.3) is 10.8 Å². The molecule has 0 aromatic heterocycles. The maximum absolute atomic E-state index is 11.7. The Morgan fingerprint density at radius 3 is 2.69 bits per heavy atom. The Balaban J connectivity index is 2.28. The molecule has 82 valence electrons. The number of fused-ring (bicyclic) bond motifs is 1. The lowest BCUT2D eigenvalue weighted by molar-refractivity contribution is 0.0872. The first kappa shape index (κ1) is 10.6. The van der Waals surface area contributed by atoms with Crippen molar-refractivity contribution in [1.29, 1.82) is 0 Å². The highest BCUT2D eigenvalue weighted by molar-refractivity contribution is 5.98. The molecule has 1 N–H and O–H groups in total. The van der Waals surface area contributed by atoms with Crippen LogP contribution in [0.3, 0.4) is 0 Å². The lowest BCUT2D eigenvalue weighted by Gasteiger charge is -2.04. The Kier molecular flexibility index (Phi) is 3.17. The van der Waals surface area contributed by atoms with E-state index in [4.69, 9.17) is 4.74 Å². The van der Waals surface area contributed by atoms with Crippen molar-refractivity contribution in [3.05, 3.63) is 48.0 Å². The fourth-order valence-electron chi connectivity index (χ4n) is 1.57. The van der Waals surface area contributed by atoms with Gasteiger partial charge >= 0.3 is 0 Å². The molecule has 2 rings (SSSR count). The summed E-state index contributed by atoms with van der Waals surface area (Å²) in [7, 11) is 1.54. The van der Waals surface area contributed by atoms with Crippen molar-refractivity contribution in [2.75, 3.05) is 13.8 Å². The first-order chi connectivity index (χ1) is 7.81. The number of ether oxygens (including phenoxy) is 1. The van der Waals surface area contributed by atoms with Crippen molar-refractivity contribution in [3.8, 4) is 0 Å². The van der Waals surface area contributed by atoms with Gasteiger partial charge in [-0.1, -0.05) is 30.3 Å². The minimum atomic E-state index is -0.118. The third-order valence-corrected chi connectivity index (χ3v) is 2.39. The minimum absolute atomic E-state index is 0.118. The normalized spacial score (nSPS) is 10.3. The third-order valence-electron chi connectivity index (χ3n) is 2.39. The number of hydrogen-bond donors (Lipinski definition) is 1. The van der Waals surface area contributed by atoms with E-state index in [2.05, 4.69) is 5.32 Å². The Hall–Kier alpha value is -1.87. The molecule has 1 amide bonds. The van der Waals surface area contributed by atoms with Gasteiger partial charge in [0.15, 0.2) is 0 Å². The standard InChI is InChI=1S/C13H13NO2/c1-16-9-14-13(15)12-7-6-10-4-2-3-5-11(10)8-12/h2-8H,9H2,1H3,(H,14,15). The summed E-state index contributed by atoms with van der Waals surface area (Å²) in [6, 6.07) is 13.6. The summed E-state index contributed by atoms with van der Waals surface area (Å²) in [5, 5.41) is 4.85. The van der Waals surface area contributed by atoms with Crippen molar-refractivity contribution < 1.29 is 9.53 Å². The molecule has 0 spiro atoms. The topological polar surface area (TPSA) is 38.3 Å². The van der Waals surface area contributed by atoms with Crippen LogP contribution in [0, 0.1) is 0 Å². The first-order valence-electron chi connectivity index (χ1n) is 5.07. The second kappa shape index (κ2) is 4.77. The van der Waals surface area contributed by atoms with Gasteiger partial charge < -0.3 is 10.1 Å². The average Bonchev–Trinajstić information content (AvgIpc) is 2.35. The van der Waals surface area contributed by atoms with Gasteiger partial charge in [0.05, 0.1) is 0 Å². The van der Waals surface area contributed by atoms with E-state index >= 15 is 0 Å². The Morgan fingerprint density at radius 2 is 1.94 bits per heavy atom. The molecule has 0 saturated heterocycles. The largest absolute Gasteiger partial charge is 0.364 e. The number of benzene rings is 2. The molecular formula is C13H13NO2. The number of carbonyl (C=O) groups is 1. The van der Waals surface area contributed by atoms with E-state index in [0.29, 0.717) is 5.56 Å². The highest BCUT2D eigenvalue weighted by Crippen LogP contribution is 2.15. The van der Waals surface area contributed by atoms with Gasteiger partial charge in [0.1, 0.15) is 6.73 Å². The van der Waals surface area contributed by atoms with Crippen LogP contribution in [0.1, 0.15) is 10.4 Å². The van der Waals surface area contributed by atoms with Gasteiger partial charge in [0, 0.05) is 12.7 Å². The summed E-state index contributed by atoms with van der Waals surface area (Å²) in [6.07, 6.45) is 0. The second-order valence-electron chi connectivity index (χ2n) is 3.50. The quantitative estimate of drug-likeness (QED) is 0.797. The molecule has 0 aliphatic rings. The molecule has 2 aromatic carbocycles. The highest BCUT2D eigenvalue weighted by atomic mass is 16.5. The van der Waals surface area contributed by atoms with Crippen LogP contribution in [0.5, 0.6) is 0 Å². The van der Waals surface area contributed by atoms with E-state index in [1.165, 1.54) is 0 Å². The summed E-state index contributed by atoms with van der Waals surface area (Å²) in [5.74, 6) is -0.118. The number of hydrogen-bond acceptors (Lipinski definition) is 2. The molecule has 0 fully saturated rings. The fraction of sp³-hybridized carbons (Fsp3) is 0.154. The molecule has 3 nitrogen and oxygen atoms in total. The molecule has 0 atom stereocenters. The Labute approximate surface area is 94.0 Å². The first-order valence-corrected chi connectivity index (χ1v) is 5.07. The second-order valence-corrected chi connectivity index (χ2v) is 3.50. The molecule has 0 saturated carbocycles. The summed E-state index contributed by atoms with van der Waals surface area (Å²) in [6.45, 7) is 0.228. The van der Waals surface area contributed by atoms with Gasteiger partial charge in [-0.2, -0.15) is 0 Å². The van der Waals surface area contributed by atoms with E-state index in [1.807, 2.05) is 42.5 Å². The van der Waals surface area contributed by atoms with E-state index in [-0.39, 0.29) is 12.6 Å². The van der Waals surface area contributed by atoms with E-state index < -0.39 is 0 Å². The molecule has 0 unspecified atom stereocenters. The molecule has 0 heterocycles. The summed E-state index contributed by atoms with van der Waals surface area (Å²) in [5.41, 5.74) is 0.649. The zero-order valence-corrected chi connectivity index (χ0v) is 9.07. The van der Waals surface area contributed by atoms with Crippen molar-refractivity contribution in [1.82, 2.24) is 5.32 Å². The van der Waals surface area contributed by atoms with Crippen molar-refractivity contribution in [3.63, 3.8) is 0 Å². The summed E-state index contributed by atoms with van der Waals surface area (Å²) in [4.78, 5) is 11.7. The van der Waals surface area contributed by atoms with E-state index in [1.54, 1.807) is 7.11 Å². The smallest absolute Gasteiger partial charge is 0.253 e. The molecule has 2 aromatic rings. The summed E-state index contributed by atoms with van der Waals surface area (Å²) >= 11 is 0. The van der Waals surface area contributed by atoms with Gasteiger partial charge in [0.25, 0.3) is 5.91 Å². The summed E-state index contributed by atoms with van der Waals surface area (Å²) < 4.78 is 4.79. The van der Waals surface area contributed by atoms with Crippen molar-refractivity contribution in [2.24, 2.45) is 0 Å². The molecule has 3 heteroatoms. The van der Waals surface area contributed by atoms with Gasteiger partial charge in [-0.25, -0.2) is 0 Å². The van der Waals surface area contributed by atoms with Crippen LogP contribution in [-0.2, 0) is 4.74 Å². The van der Waals surface area contributed by atoms with E-state index in [0.717, 1.165) is 10.8 Å². The maximum Gasteiger partial charge on any atom is 0.253 e. The van der Waals surface area contributed by atoms with Gasteiger partial charge in [-0.05, 0) is 22.9 Å². The van der Waals surface area contributed by atoms with Gasteiger partial charge in [0.2, 0.25) is 0 Å². The van der Waals surface area contributed by atoms with Crippen molar-refractivity contribution >= 4 is 16.7 Å². The predicted molar refractivity (Wildman–Crippen MR) is 63.3 cm³/mol. The molecule has 0 radical (unpaired) electrons. The molecule has 0 bridgehead atoms. The monoisotopic (exact) mass is 215 g/mol. The Morgan fingerprint density at radius 1 is 1.19 bits per heavy atom. The zero-order valence-electron chi connectivity index (χ0n) is 9.07. The van der Waals surface area contributed by atoms with Crippen LogP contribution < -0.4 is 5.32 Å². The van der Waals surface area contributed by atoms with Crippen LogP contribution in [0.4, 0.5) is 0 Å². The Bertz CT molecular complexity index is 508. The van der Waals surface area contributed by atoms with Crippen LogP contribution in [0.15, 0.2) is 42.5 Å². The molecule has 16 heavy (non-hydrogen) atoms. The number of rotatable bonds is 3. The number of methoxy groups -OCH3 is 1. The lowest BCUT2D eigenvalue weighted by atomic mass is 10.1. The van der Waals surface area contributed by atoms with Crippen LogP contribution in [-0.4, -0.2) is 19.7 Å². The minimum Gasteiger partial charge on any atom is -0.364 e. The third kappa shape index (κ3) is 2.20. The zero-order chi connectivity index (χ0) is 11.4. The maximum atomic E-state index is 11.7.